The Morgan fingerprint density at radius 3 is 2.03 bits per heavy atom. The van der Waals surface area contributed by atoms with Crippen LogP contribution in [0.2, 0.25) is 0 Å². The molecule has 0 heterocycles. The zero-order valence-electron chi connectivity index (χ0n) is 23.7. The number of aryl methyl sites for hydroxylation is 3. The molecule has 2 aromatic carbocycles. The van der Waals surface area contributed by atoms with Gasteiger partial charge in [0.15, 0.2) is 5.78 Å². The van der Waals surface area contributed by atoms with Crippen LogP contribution in [0.3, 0.4) is 0 Å². The minimum atomic E-state index is -0.0810. The summed E-state index contributed by atoms with van der Waals surface area (Å²) in [5.41, 5.74) is 4.87. The minimum Gasteiger partial charge on any atom is -0.303 e. The van der Waals surface area contributed by atoms with Crippen LogP contribution >= 0.6 is 0 Å². The van der Waals surface area contributed by atoms with Crippen molar-refractivity contribution in [2.75, 3.05) is 19.6 Å². The second kappa shape index (κ2) is 20.0. The molecule has 0 N–H and O–H groups in total. The summed E-state index contributed by atoms with van der Waals surface area (Å²) in [6.45, 7) is 20.1. The van der Waals surface area contributed by atoms with Crippen LogP contribution in [0.5, 0.6) is 0 Å². The number of rotatable bonds is 11. The lowest BCUT2D eigenvalue weighted by Gasteiger charge is -2.20. The Morgan fingerprint density at radius 1 is 0.886 bits per heavy atom. The Morgan fingerprint density at radius 2 is 1.54 bits per heavy atom. The van der Waals surface area contributed by atoms with E-state index in [1.54, 1.807) is 13.0 Å². The van der Waals surface area contributed by atoms with E-state index >= 15 is 0 Å². The summed E-state index contributed by atoms with van der Waals surface area (Å²) in [5, 5.41) is 0. The predicted molar refractivity (Wildman–Crippen MR) is 153 cm³/mol. The van der Waals surface area contributed by atoms with Crippen molar-refractivity contribution in [1.82, 2.24) is 4.90 Å². The number of carbonyl (C=O) groups is 1. The fourth-order valence-electron chi connectivity index (χ4n) is 3.71. The van der Waals surface area contributed by atoms with E-state index in [4.69, 9.17) is 0 Å². The third-order valence-corrected chi connectivity index (χ3v) is 5.78. The molecule has 196 valence electrons. The van der Waals surface area contributed by atoms with Gasteiger partial charge in [-0.1, -0.05) is 77.0 Å². The number of ketones is 1. The maximum Gasteiger partial charge on any atom is 0.159 e. The molecule has 0 saturated heterocycles. The number of carbonyl (C=O) groups excluding carboxylic acids is 1. The summed E-state index contributed by atoms with van der Waals surface area (Å²) in [6.07, 6.45) is 11.5. The molecule has 0 aliphatic heterocycles. The quantitative estimate of drug-likeness (QED) is 0.234. The standard InChI is InChI=1S/C12H14O.C11H25N.C9H11F/c1-4-5-11-8-12(10(3)13)7-6-9(11)2;1-4-7-8-11-12(9-5-2)10-6-3;1-3-8-5-4-7(2)6-9(8)10/h4-8H,1-3H3;4-11H2,1-3H3;4-6H,3H2,1-2H3/b5-4-;;. The molecule has 0 spiro atoms. The number of halogens is 1. The van der Waals surface area contributed by atoms with Crippen LogP contribution in [-0.4, -0.2) is 30.3 Å². The first-order valence-electron chi connectivity index (χ1n) is 13.4. The van der Waals surface area contributed by atoms with E-state index in [9.17, 15) is 9.18 Å². The van der Waals surface area contributed by atoms with Gasteiger partial charge >= 0.3 is 0 Å². The molecular weight excluding hydrogens is 433 g/mol. The maximum absolute atomic E-state index is 12.9. The van der Waals surface area contributed by atoms with Gasteiger partial charge < -0.3 is 4.90 Å². The van der Waals surface area contributed by atoms with Gasteiger partial charge in [-0.05, 0) is 107 Å². The van der Waals surface area contributed by atoms with E-state index in [1.165, 1.54) is 57.3 Å². The molecule has 0 fully saturated rings. The molecule has 0 aliphatic carbocycles. The number of nitrogens with zero attached hydrogens (tertiary/aromatic N) is 1. The monoisotopic (exact) mass is 483 g/mol. The van der Waals surface area contributed by atoms with Gasteiger partial charge in [0.1, 0.15) is 5.82 Å². The fraction of sp³-hybridized carbons (Fsp3) is 0.531. The second-order valence-electron chi connectivity index (χ2n) is 9.12. The fourth-order valence-corrected chi connectivity index (χ4v) is 3.71. The lowest BCUT2D eigenvalue weighted by Crippen LogP contribution is -2.26. The van der Waals surface area contributed by atoms with Crippen molar-refractivity contribution in [3.63, 3.8) is 0 Å². The highest BCUT2D eigenvalue weighted by molar-refractivity contribution is 5.94. The Kier molecular flexibility index (Phi) is 18.7. The number of hydrogen-bond acceptors (Lipinski definition) is 2. The molecule has 2 nitrogen and oxygen atoms in total. The number of hydrogen-bond donors (Lipinski definition) is 0. The van der Waals surface area contributed by atoms with Crippen molar-refractivity contribution in [2.45, 2.75) is 93.9 Å². The summed E-state index contributed by atoms with van der Waals surface area (Å²) >= 11 is 0. The van der Waals surface area contributed by atoms with Crippen molar-refractivity contribution < 1.29 is 9.18 Å². The van der Waals surface area contributed by atoms with Gasteiger partial charge in [-0.3, -0.25) is 4.79 Å². The molecule has 2 rings (SSSR count). The van der Waals surface area contributed by atoms with Crippen molar-refractivity contribution in [3.8, 4) is 0 Å². The molecule has 0 atom stereocenters. The van der Waals surface area contributed by atoms with Crippen molar-refractivity contribution in [2.24, 2.45) is 0 Å². The normalized spacial score (nSPS) is 10.6. The summed E-state index contributed by atoms with van der Waals surface area (Å²) in [6, 6.07) is 11.1. The Labute approximate surface area is 215 Å². The van der Waals surface area contributed by atoms with Crippen LogP contribution in [0.1, 0.15) is 106 Å². The number of unbranched alkanes of at least 4 members (excludes halogenated alkanes) is 2. The first-order chi connectivity index (χ1) is 16.7. The van der Waals surface area contributed by atoms with E-state index in [2.05, 4.69) is 25.7 Å². The molecule has 0 aromatic heterocycles. The van der Waals surface area contributed by atoms with Crippen molar-refractivity contribution >= 4 is 11.9 Å². The zero-order valence-corrected chi connectivity index (χ0v) is 23.7. The van der Waals surface area contributed by atoms with Gasteiger partial charge in [-0.15, -0.1) is 0 Å². The van der Waals surface area contributed by atoms with Crippen LogP contribution in [0, 0.1) is 19.7 Å². The highest BCUT2D eigenvalue weighted by Crippen LogP contribution is 2.13. The smallest absolute Gasteiger partial charge is 0.159 e. The molecule has 0 radical (unpaired) electrons. The lowest BCUT2D eigenvalue weighted by atomic mass is 10.0. The third-order valence-electron chi connectivity index (χ3n) is 5.78. The van der Waals surface area contributed by atoms with Gasteiger partial charge in [0.05, 0.1) is 0 Å². The van der Waals surface area contributed by atoms with Gasteiger partial charge in [-0.25, -0.2) is 4.39 Å². The van der Waals surface area contributed by atoms with E-state index in [0.717, 1.165) is 28.7 Å². The van der Waals surface area contributed by atoms with Crippen LogP contribution < -0.4 is 0 Å². The van der Waals surface area contributed by atoms with Crippen molar-refractivity contribution in [3.05, 3.63) is 76.1 Å². The lowest BCUT2D eigenvalue weighted by molar-refractivity contribution is 0.101. The molecule has 2 aromatic rings. The highest BCUT2D eigenvalue weighted by Gasteiger charge is 2.01. The Bertz CT molecular complexity index is 866. The van der Waals surface area contributed by atoms with E-state index in [1.807, 2.05) is 70.2 Å². The molecule has 0 unspecified atom stereocenters. The first-order valence-corrected chi connectivity index (χ1v) is 13.4. The average Bonchev–Trinajstić information content (AvgIpc) is 2.82. The summed E-state index contributed by atoms with van der Waals surface area (Å²) < 4.78 is 12.9. The average molecular weight is 484 g/mol. The summed E-state index contributed by atoms with van der Waals surface area (Å²) in [4.78, 5) is 13.7. The molecule has 35 heavy (non-hydrogen) atoms. The van der Waals surface area contributed by atoms with E-state index in [-0.39, 0.29) is 11.6 Å². The molecule has 0 saturated carbocycles. The van der Waals surface area contributed by atoms with Gasteiger partial charge in [0.2, 0.25) is 0 Å². The Hall–Kier alpha value is -2.26. The molecule has 0 amide bonds. The SMILES string of the molecule is C/C=C\c1cc(C(C)=O)ccc1C.CCCCCN(CCC)CCC.CCc1ccc(C)cc1F. The molecule has 0 aliphatic rings. The highest BCUT2D eigenvalue weighted by atomic mass is 19.1. The Balaban J connectivity index is 0.000000500. The van der Waals surface area contributed by atoms with Crippen LogP contribution in [0.4, 0.5) is 4.39 Å². The molecule has 0 bridgehead atoms. The van der Waals surface area contributed by atoms with Gasteiger partial charge in [0.25, 0.3) is 0 Å². The maximum atomic E-state index is 12.9. The number of benzene rings is 2. The van der Waals surface area contributed by atoms with Gasteiger partial charge in [0, 0.05) is 5.56 Å². The number of Topliss-reactive ketones (excluding diaryl/α,β-unsaturated/α-hetero) is 1. The van der Waals surface area contributed by atoms with E-state index < -0.39 is 0 Å². The van der Waals surface area contributed by atoms with Gasteiger partial charge in [-0.2, -0.15) is 0 Å². The van der Waals surface area contributed by atoms with Crippen LogP contribution in [-0.2, 0) is 6.42 Å². The van der Waals surface area contributed by atoms with Crippen LogP contribution in [0.15, 0.2) is 42.5 Å². The van der Waals surface area contributed by atoms with E-state index in [0.29, 0.717) is 0 Å². The summed E-state index contributed by atoms with van der Waals surface area (Å²) in [7, 11) is 0. The molecule has 3 heteroatoms. The second-order valence-corrected chi connectivity index (χ2v) is 9.12. The summed E-state index contributed by atoms with van der Waals surface area (Å²) in [5.74, 6) is 0.0354. The first kappa shape index (κ1) is 32.7. The number of allylic oxidation sites excluding steroid dienone is 1. The minimum absolute atomic E-state index is 0.0810. The zero-order chi connectivity index (χ0) is 26.6. The topological polar surface area (TPSA) is 20.3 Å². The van der Waals surface area contributed by atoms with Crippen molar-refractivity contribution in [1.29, 1.82) is 0 Å². The third kappa shape index (κ3) is 14.7. The largest absolute Gasteiger partial charge is 0.303 e. The predicted octanol–water partition coefficient (Wildman–Crippen LogP) is 9.23. The molecular formula is C32H50FNO. The van der Waals surface area contributed by atoms with Crippen LogP contribution in [0.25, 0.3) is 6.08 Å².